The van der Waals surface area contributed by atoms with E-state index in [1.165, 1.54) is 18.2 Å². The molecule has 4 N–H and O–H groups in total. The van der Waals surface area contributed by atoms with Crippen LogP contribution in [0.4, 0.5) is 10.1 Å². The second-order valence-electron chi connectivity index (χ2n) is 4.18. The highest BCUT2D eigenvalue weighted by atomic mass is 19.1. The Bertz CT molecular complexity index is 467. The maximum Gasteiger partial charge on any atom is 0.321 e. The quantitative estimate of drug-likeness (QED) is 0.523. The number of benzene rings is 1. The molecular weight excluding hydrogens is 267 g/mol. The fourth-order valence-corrected chi connectivity index (χ4v) is 1.57. The van der Waals surface area contributed by atoms with Gasteiger partial charge in [0.2, 0.25) is 5.91 Å². The molecule has 0 radical (unpaired) electrons. The van der Waals surface area contributed by atoms with E-state index >= 15 is 0 Å². The number of hydrogen-bond donors (Lipinski definition) is 4. The highest BCUT2D eigenvalue weighted by molar-refractivity contribution is 5.94. The molecule has 110 valence electrons. The van der Waals surface area contributed by atoms with Crippen LogP contribution in [0.5, 0.6) is 0 Å². The summed E-state index contributed by atoms with van der Waals surface area (Å²) in [7, 11) is 0. The molecule has 0 aromatic heterocycles. The molecule has 1 atom stereocenters. The molecule has 0 fully saturated rings. The summed E-state index contributed by atoms with van der Waals surface area (Å²) in [5.41, 5.74) is 0.273. The average Bonchev–Trinajstić information content (AvgIpc) is 2.37. The third kappa shape index (κ3) is 5.77. The summed E-state index contributed by atoms with van der Waals surface area (Å²) in [4.78, 5) is 22.7. The van der Waals surface area contributed by atoms with Gasteiger partial charge in [-0.1, -0.05) is 6.07 Å². The Morgan fingerprint density at radius 1 is 1.35 bits per heavy atom. The van der Waals surface area contributed by atoms with Gasteiger partial charge in [0.25, 0.3) is 0 Å². The zero-order valence-corrected chi connectivity index (χ0v) is 10.8. The van der Waals surface area contributed by atoms with E-state index in [1.807, 2.05) is 0 Å². The number of amides is 1. The topological polar surface area (TPSA) is 98.7 Å². The number of carbonyl (C=O) groups excluding carboxylic acids is 1. The van der Waals surface area contributed by atoms with Crippen LogP contribution in [-0.2, 0) is 9.59 Å². The summed E-state index contributed by atoms with van der Waals surface area (Å²) >= 11 is 0. The molecule has 1 unspecified atom stereocenters. The minimum Gasteiger partial charge on any atom is -0.480 e. The van der Waals surface area contributed by atoms with Crippen LogP contribution in [0.2, 0.25) is 0 Å². The molecular formula is C13H17FN2O4. The van der Waals surface area contributed by atoms with Crippen molar-refractivity contribution in [3.8, 4) is 0 Å². The van der Waals surface area contributed by atoms with Crippen LogP contribution < -0.4 is 10.6 Å². The van der Waals surface area contributed by atoms with Crippen molar-refractivity contribution >= 4 is 17.6 Å². The van der Waals surface area contributed by atoms with E-state index in [9.17, 15) is 14.0 Å². The minimum atomic E-state index is -1.16. The van der Waals surface area contributed by atoms with Gasteiger partial charge in [-0.3, -0.25) is 9.59 Å². The predicted molar refractivity (Wildman–Crippen MR) is 70.8 cm³/mol. The lowest BCUT2D eigenvalue weighted by Gasteiger charge is -2.14. The molecule has 1 aromatic rings. The van der Waals surface area contributed by atoms with Crippen molar-refractivity contribution in [3.63, 3.8) is 0 Å². The van der Waals surface area contributed by atoms with Crippen molar-refractivity contribution in [1.82, 2.24) is 5.32 Å². The van der Waals surface area contributed by atoms with Gasteiger partial charge in [0.1, 0.15) is 11.9 Å². The van der Waals surface area contributed by atoms with Crippen LogP contribution in [0.1, 0.15) is 12.8 Å². The van der Waals surface area contributed by atoms with Crippen molar-refractivity contribution in [2.45, 2.75) is 18.9 Å². The lowest BCUT2D eigenvalue weighted by atomic mass is 10.2. The molecule has 0 spiro atoms. The largest absolute Gasteiger partial charge is 0.480 e. The van der Waals surface area contributed by atoms with Gasteiger partial charge in [0, 0.05) is 12.3 Å². The first kappa shape index (κ1) is 16.1. The van der Waals surface area contributed by atoms with Gasteiger partial charge in [-0.25, -0.2) is 4.39 Å². The number of aliphatic carboxylic acids is 1. The fourth-order valence-electron chi connectivity index (χ4n) is 1.57. The zero-order chi connectivity index (χ0) is 15.0. The van der Waals surface area contributed by atoms with Crippen LogP contribution in [0.15, 0.2) is 24.3 Å². The van der Waals surface area contributed by atoms with Crippen LogP contribution in [0.3, 0.4) is 0 Å². The van der Waals surface area contributed by atoms with Crippen molar-refractivity contribution < 1.29 is 24.2 Å². The van der Waals surface area contributed by atoms with Gasteiger partial charge in [0.15, 0.2) is 0 Å². The molecule has 0 aliphatic rings. The van der Waals surface area contributed by atoms with Crippen molar-refractivity contribution in [2.75, 3.05) is 18.5 Å². The molecule has 0 heterocycles. The molecule has 1 aromatic carbocycles. The van der Waals surface area contributed by atoms with E-state index in [2.05, 4.69) is 10.6 Å². The van der Waals surface area contributed by atoms with E-state index < -0.39 is 23.7 Å². The van der Waals surface area contributed by atoms with Gasteiger partial charge in [-0.2, -0.15) is 0 Å². The van der Waals surface area contributed by atoms with Crippen LogP contribution in [-0.4, -0.2) is 41.3 Å². The number of hydrogen-bond acceptors (Lipinski definition) is 4. The second kappa shape index (κ2) is 8.23. The lowest BCUT2D eigenvalue weighted by Crippen LogP contribution is -2.40. The second-order valence-corrected chi connectivity index (χ2v) is 4.18. The van der Waals surface area contributed by atoms with E-state index in [4.69, 9.17) is 10.2 Å². The number of aliphatic hydroxyl groups excluding tert-OH is 1. The number of rotatable bonds is 8. The normalized spacial score (nSPS) is 11.9. The monoisotopic (exact) mass is 284 g/mol. The maximum atomic E-state index is 12.9. The van der Waals surface area contributed by atoms with Crippen LogP contribution in [0.25, 0.3) is 0 Å². The zero-order valence-electron chi connectivity index (χ0n) is 10.8. The summed E-state index contributed by atoms with van der Waals surface area (Å²) in [6.07, 6.45) is 0.118. The van der Waals surface area contributed by atoms with Crippen LogP contribution >= 0.6 is 0 Å². The van der Waals surface area contributed by atoms with E-state index in [1.54, 1.807) is 0 Å². The van der Waals surface area contributed by atoms with E-state index in [-0.39, 0.29) is 18.7 Å². The summed E-state index contributed by atoms with van der Waals surface area (Å²) in [6.45, 7) is 0.232. The SMILES string of the molecule is O=C(CC(NCCCO)C(=O)O)Nc1cccc(F)c1. The minimum absolute atomic E-state index is 0.0607. The number of nitrogens with one attached hydrogen (secondary N) is 2. The Kier molecular flexibility index (Phi) is 6.61. The van der Waals surface area contributed by atoms with Gasteiger partial charge in [0.05, 0.1) is 6.42 Å². The molecule has 1 rings (SSSR count). The van der Waals surface area contributed by atoms with E-state index in [0.29, 0.717) is 13.0 Å². The smallest absolute Gasteiger partial charge is 0.321 e. The molecule has 1 amide bonds. The Morgan fingerprint density at radius 2 is 2.10 bits per heavy atom. The summed E-state index contributed by atoms with van der Waals surface area (Å²) < 4.78 is 12.9. The summed E-state index contributed by atoms with van der Waals surface area (Å²) in [6, 6.07) is 4.30. The molecule has 0 aliphatic heterocycles. The summed E-state index contributed by atoms with van der Waals surface area (Å²) in [5.74, 6) is -2.17. The maximum absolute atomic E-state index is 12.9. The molecule has 6 nitrogen and oxygen atoms in total. The number of halogens is 1. The highest BCUT2D eigenvalue weighted by Crippen LogP contribution is 2.09. The lowest BCUT2D eigenvalue weighted by molar-refractivity contribution is -0.141. The Morgan fingerprint density at radius 3 is 2.70 bits per heavy atom. The number of carboxylic acid groups (broad SMARTS) is 1. The average molecular weight is 284 g/mol. The van der Waals surface area contributed by atoms with Crippen molar-refractivity contribution in [2.24, 2.45) is 0 Å². The molecule has 20 heavy (non-hydrogen) atoms. The number of aliphatic hydroxyl groups is 1. The molecule has 0 saturated heterocycles. The number of carbonyl (C=O) groups is 2. The molecule has 7 heteroatoms. The van der Waals surface area contributed by atoms with Crippen molar-refractivity contribution in [3.05, 3.63) is 30.1 Å². The van der Waals surface area contributed by atoms with Gasteiger partial charge in [-0.15, -0.1) is 0 Å². The first-order valence-electron chi connectivity index (χ1n) is 6.15. The predicted octanol–water partition coefficient (Wildman–Crippen LogP) is 0.579. The van der Waals surface area contributed by atoms with Crippen LogP contribution in [0, 0.1) is 5.82 Å². The summed E-state index contributed by atoms with van der Waals surface area (Å²) in [5, 5.41) is 22.7. The standard InChI is InChI=1S/C13H17FN2O4/c14-9-3-1-4-10(7-9)16-12(18)8-11(13(19)20)15-5-2-6-17/h1,3-4,7,11,15,17H,2,5-6,8H2,(H,16,18)(H,19,20). The molecule has 0 saturated carbocycles. The number of anilines is 1. The fraction of sp³-hybridized carbons (Fsp3) is 0.385. The number of carboxylic acids is 1. The third-order valence-electron chi connectivity index (χ3n) is 2.52. The third-order valence-corrected chi connectivity index (χ3v) is 2.52. The van der Waals surface area contributed by atoms with Gasteiger partial charge in [-0.05, 0) is 31.2 Å². The van der Waals surface area contributed by atoms with E-state index in [0.717, 1.165) is 6.07 Å². The van der Waals surface area contributed by atoms with Gasteiger partial charge >= 0.3 is 5.97 Å². The molecule has 0 aliphatic carbocycles. The van der Waals surface area contributed by atoms with Crippen molar-refractivity contribution in [1.29, 1.82) is 0 Å². The Labute approximate surface area is 115 Å². The Balaban J connectivity index is 2.51. The van der Waals surface area contributed by atoms with Gasteiger partial charge < -0.3 is 20.8 Å². The highest BCUT2D eigenvalue weighted by Gasteiger charge is 2.20. The Hall–Kier alpha value is -1.99. The first-order chi connectivity index (χ1) is 9.52. The first-order valence-corrected chi connectivity index (χ1v) is 6.15. The molecule has 0 bridgehead atoms.